The summed E-state index contributed by atoms with van der Waals surface area (Å²) in [5, 5.41) is 13.9. The fourth-order valence-corrected chi connectivity index (χ4v) is 5.27. The topological polar surface area (TPSA) is 128 Å². The molecule has 1 amide bonds. The van der Waals surface area contributed by atoms with E-state index in [-0.39, 0.29) is 29.6 Å². The van der Waals surface area contributed by atoms with Crippen LogP contribution in [0.2, 0.25) is 0 Å². The Balaban J connectivity index is 1.37. The van der Waals surface area contributed by atoms with Gasteiger partial charge in [0.25, 0.3) is 11.6 Å². The van der Waals surface area contributed by atoms with Crippen molar-refractivity contribution in [3.63, 3.8) is 0 Å². The molecule has 0 atom stereocenters. The number of benzene rings is 3. The number of nitro benzene ring substituents is 1. The molecule has 3 aromatic carbocycles. The predicted molar refractivity (Wildman–Crippen MR) is 142 cm³/mol. The first kappa shape index (κ1) is 27.0. The zero-order chi connectivity index (χ0) is 27.0. The van der Waals surface area contributed by atoms with E-state index in [1.165, 1.54) is 28.6 Å². The lowest BCUT2D eigenvalue weighted by Gasteiger charge is -2.26. The number of amides is 1. The lowest BCUT2D eigenvalue weighted by molar-refractivity contribution is -0.384. The third-order valence-electron chi connectivity index (χ3n) is 5.81. The van der Waals surface area contributed by atoms with Crippen LogP contribution in [0, 0.1) is 10.1 Å². The van der Waals surface area contributed by atoms with E-state index < -0.39 is 14.9 Å². The summed E-state index contributed by atoms with van der Waals surface area (Å²) in [5.74, 6) is 0.105. The summed E-state index contributed by atoms with van der Waals surface area (Å²) in [4.78, 5) is 23.9. The molecule has 1 fully saturated rings. The van der Waals surface area contributed by atoms with Crippen LogP contribution in [0.5, 0.6) is 5.75 Å². The summed E-state index contributed by atoms with van der Waals surface area (Å²) in [7, 11) is -3.59. The van der Waals surface area contributed by atoms with Crippen molar-refractivity contribution in [3.05, 3.63) is 100 Å². The van der Waals surface area contributed by atoms with Crippen LogP contribution in [0.15, 0.2) is 83.8 Å². The number of ether oxygens (including phenoxy) is 2. The van der Waals surface area contributed by atoms with Gasteiger partial charge in [-0.25, -0.2) is 8.42 Å². The number of hydrogen-bond donors (Lipinski definition) is 1. The number of nitrogens with one attached hydrogen (secondary N) is 1. The van der Waals surface area contributed by atoms with Gasteiger partial charge in [0, 0.05) is 30.8 Å². The second-order valence-electron chi connectivity index (χ2n) is 8.37. The van der Waals surface area contributed by atoms with Crippen molar-refractivity contribution >= 4 is 33.3 Å². The highest BCUT2D eigenvalue weighted by molar-refractivity contribution is 7.89. The normalized spacial score (nSPS) is 14.6. The van der Waals surface area contributed by atoms with E-state index in [1.54, 1.807) is 54.6 Å². The molecule has 0 aliphatic carbocycles. The number of non-ortho nitro benzene ring substituents is 1. The molecular formula is C27H27N3O7S. The Morgan fingerprint density at radius 1 is 1.03 bits per heavy atom. The van der Waals surface area contributed by atoms with E-state index in [2.05, 4.69) is 5.32 Å². The molecular weight excluding hydrogens is 510 g/mol. The number of rotatable bonds is 10. The summed E-state index contributed by atoms with van der Waals surface area (Å²) in [6.45, 7) is 1.73. The SMILES string of the molecule is O=C(NCCOc1ccc(S(=O)(=O)N2CCOCC2)cc1)/C(=C/c1cccc([N+](=O)[O-])c1)c1ccccc1. The van der Waals surface area contributed by atoms with Crippen LogP contribution in [-0.4, -0.2) is 63.0 Å². The largest absolute Gasteiger partial charge is 0.492 e. The van der Waals surface area contributed by atoms with Gasteiger partial charge in [-0.3, -0.25) is 14.9 Å². The molecule has 0 unspecified atom stereocenters. The van der Waals surface area contributed by atoms with E-state index in [0.717, 1.165) is 0 Å². The fraction of sp³-hybridized carbons (Fsp3) is 0.222. The van der Waals surface area contributed by atoms with Crippen molar-refractivity contribution in [3.8, 4) is 5.75 Å². The average molecular weight is 538 g/mol. The first-order valence-corrected chi connectivity index (χ1v) is 13.4. The van der Waals surface area contributed by atoms with Gasteiger partial charge in [-0.15, -0.1) is 0 Å². The summed E-state index contributed by atoms with van der Waals surface area (Å²) in [5.41, 5.74) is 1.47. The molecule has 0 bridgehead atoms. The molecule has 38 heavy (non-hydrogen) atoms. The number of nitrogens with zero attached hydrogens (tertiary/aromatic N) is 2. The minimum atomic E-state index is -3.59. The van der Waals surface area contributed by atoms with Gasteiger partial charge in [0.1, 0.15) is 12.4 Å². The van der Waals surface area contributed by atoms with Gasteiger partial charge in [0.2, 0.25) is 10.0 Å². The van der Waals surface area contributed by atoms with E-state index >= 15 is 0 Å². The van der Waals surface area contributed by atoms with Crippen molar-refractivity contribution in [2.75, 3.05) is 39.5 Å². The lowest BCUT2D eigenvalue weighted by Crippen LogP contribution is -2.40. The first-order chi connectivity index (χ1) is 18.3. The molecule has 198 valence electrons. The van der Waals surface area contributed by atoms with Gasteiger partial charge in [0.15, 0.2) is 0 Å². The summed E-state index contributed by atoms with van der Waals surface area (Å²) >= 11 is 0. The van der Waals surface area contributed by atoms with Crippen LogP contribution >= 0.6 is 0 Å². The number of hydrogen-bond acceptors (Lipinski definition) is 7. The molecule has 0 radical (unpaired) electrons. The lowest BCUT2D eigenvalue weighted by atomic mass is 10.0. The van der Waals surface area contributed by atoms with Crippen molar-refractivity contribution < 1.29 is 27.6 Å². The second kappa shape index (κ2) is 12.5. The van der Waals surface area contributed by atoms with Gasteiger partial charge in [-0.1, -0.05) is 42.5 Å². The Bertz CT molecular complexity index is 1400. The Morgan fingerprint density at radius 3 is 2.42 bits per heavy atom. The molecule has 0 aromatic heterocycles. The minimum absolute atomic E-state index is 0.0660. The standard InChI is InChI=1S/C27H27N3O7S/c31-27(26(22-6-2-1-3-7-22)20-21-5-4-8-23(19-21)30(32)33)28-13-16-37-24-9-11-25(12-10-24)38(34,35)29-14-17-36-18-15-29/h1-12,19-20H,13-18H2,(H,28,31)/b26-20+. The fourth-order valence-electron chi connectivity index (χ4n) is 3.87. The van der Waals surface area contributed by atoms with Gasteiger partial charge >= 0.3 is 0 Å². The van der Waals surface area contributed by atoms with Gasteiger partial charge in [0.05, 0.1) is 29.6 Å². The van der Waals surface area contributed by atoms with E-state index in [9.17, 15) is 23.3 Å². The molecule has 1 N–H and O–H groups in total. The number of morpholine rings is 1. The van der Waals surface area contributed by atoms with E-state index in [4.69, 9.17) is 9.47 Å². The Labute approximate surface area is 220 Å². The smallest absolute Gasteiger partial charge is 0.270 e. The second-order valence-corrected chi connectivity index (χ2v) is 10.3. The van der Waals surface area contributed by atoms with Gasteiger partial charge in [-0.2, -0.15) is 4.31 Å². The zero-order valence-electron chi connectivity index (χ0n) is 20.5. The molecule has 1 aliphatic heterocycles. The van der Waals surface area contributed by atoms with Crippen molar-refractivity contribution in [1.82, 2.24) is 9.62 Å². The zero-order valence-corrected chi connectivity index (χ0v) is 21.3. The number of sulfonamides is 1. The quantitative estimate of drug-likeness (QED) is 0.138. The molecule has 3 aromatic rings. The van der Waals surface area contributed by atoms with Crippen molar-refractivity contribution in [2.45, 2.75) is 4.90 Å². The Kier molecular flexibility index (Phi) is 8.85. The number of carbonyl (C=O) groups is 1. The highest BCUT2D eigenvalue weighted by Crippen LogP contribution is 2.22. The molecule has 0 spiro atoms. The van der Waals surface area contributed by atoms with Gasteiger partial charge in [-0.05, 0) is 41.5 Å². The molecule has 1 heterocycles. The monoisotopic (exact) mass is 537 g/mol. The Hall–Kier alpha value is -4.06. The molecule has 10 nitrogen and oxygen atoms in total. The van der Waals surface area contributed by atoms with Crippen LogP contribution < -0.4 is 10.1 Å². The molecule has 0 saturated carbocycles. The summed E-state index contributed by atoms with van der Waals surface area (Å²) in [6.07, 6.45) is 1.60. The van der Waals surface area contributed by atoms with Crippen LogP contribution in [0.4, 0.5) is 5.69 Å². The molecule has 1 saturated heterocycles. The third kappa shape index (κ3) is 6.82. The van der Waals surface area contributed by atoms with Gasteiger partial charge < -0.3 is 14.8 Å². The highest BCUT2D eigenvalue weighted by Gasteiger charge is 2.26. The maximum absolute atomic E-state index is 13.0. The molecule has 1 aliphatic rings. The third-order valence-corrected chi connectivity index (χ3v) is 7.72. The van der Waals surface area contributed by atoms with Crippen LogP contribution in [0.1, 0.15) is 11.1 Å². The predicted octanol–water partition coefficient (Wildman–Crippen LogP) is 3.35. The maximum Gasteiger partial charge on any atom is 0.270 e. The molecule has 11 heteroatoms. The van der Waals surface area contributed by atoms with E-state index in [0.29, 0.717) is 48.8 Å². The average Bonchev–Trinajstić information content (AvgIpc) is 2.95. The minimum Gasteiger partial charge on any atom is -0.492 e. The highest BCUT2D eigenvalue weighted by atomic mass is 32.2. The summed E-state index contributed by atoms with van der Waals surface area (Å²) < 4.78 is 37.8. The number of nitro groups is 1. The van der Waals surface area contributed by atoms with Crippen molar-refractivity contribution in [1.29, 1.82) is 0 Å². The van der Waals surface area contributed by atoms with Crippen LogP contribution in [-0.2, 0) is 19.6 Å². The maximum atomic E-state index is 13.0. The van der Waals surface area contributed by atoms with E-state index in [1.807, 2.05) is 6.07 Å². The van der Waals surface area contributed by atoms with Crippen LogP contribution in [0.25, 0.3) is 11.6 Å². The molecule has 4 rings (SSSR count). The first-order valence-electron chi connectivity index (χ1n) is 11.9. The Morgan fingerprint density at radius 2 is 1.74 bits per heavy atom. The van der Waals surface area contributed by atoms with Crippen molar-refractivity contribution in [2.24, 2.45) is 0 Å². The van der Waals surface area contributed by atoms with Crippen LogP contribution in [0.3, 0.4) is 0 Å². The number of carbonyl (C=O) groups excluding carboxylic acids is 1. The summed E-state index contributed by atoms with van der Waals surface area (Å²) in [6, 6.07) is 21.2.